The number of aryl methyl sites for hydroxylation is 1. The average Bonchev–Trinajstić information content (AvgIpc) is 3.04. The van der Waals surface area contributed by atoms with Gasteiger partial charge in [0, 0.05) is 22.1 Å². The lowest BCUT2D eigenvalue weighted by Gasteiger charge is -2.29. The lowest BCUT2D eigenvalue weighted by molar-refractivity contribution is -0.122. The lowest BCUT2D eigenvalue weighted by atomic mass is 10.1. The molecule has 1 saturated heterocycles. The van der Waals surface area contributed by atoms with Crippen molar-refractivity contribution >= 4 is 58.5 Å². The minimum Gasteiger partial charge on any atom is -0.478 e. The Morgan fingerprint density at radius 3 is 2.39 bits per heavy atom. The van der Waals surface area contributed by atoms with Crippen LogP contribution < -0.4 is 10.2 Å². The summed E-state index contributed by atoms with van der Waals surface area (Å²) in [4.78, 5) is 38.2. The van der Waals surface area contributed by atoms with Crippen molar-refractivity contribution in [1.82, 2.24) is 9.88 Å². The van der Waals surface area contributed by atoms with Gasteiger partial charge in [-0.2, -0.15) is 0 Å². The van der Waals surface area contributed by atoms with Gasteiger partial charge in [-0.1, -0.05) is 17.7 Å². The molecule has 1 aromatic heterocycles. The summed E-state index contributed by atoms with van der Waals surface area (Å²) in [5, 5.41) is 12.2. The Balaban J connectivity index is 1.74. The van der Waals surface area contributed by atoms with Crippen molar-refractivity contribution < 1.29 is 19.5 Å². The topological polar surface area (TPSA) is 91.6 Å². The molecule has 3 aromatic rings. The monoisotopic (exact) mass is 479 g/mol. The van der Waals surface area contributed by atoms with Gasteiger partial charge in [0.15, 0.2) is 5.11 Å². The van der Waals surface area contributed by atoms with Crippen LogP contribution in [0.3, 0.4) is 0 Å². The smallest absolute Gasteiger partial charge is 0.335 e. The van der Waals surface area contributed by atoms with E-state index in [1.165, 1.54) is 35.2 Å². The highest BCUT2D eigenvalue weighted by molar-refractivity contribution is 7.80. The fourth-order valence-electron chi connectivity index (χ4n) is 3.75. The first-order chi connectivity index (χ1) is 15.7. The standard InChI is InChI=1S/C24H18ClN3O4S/c1-13-10-16(14(2)27(13)19-5-3-4-17(25)12-19)11-20-21(29)26-24(33)28(22(20)30)18-8-6-15(7-9-18)23(31)32/h3-12H,1-2H3,(H,31,32)(H,26,29,33)/b20-11+. The molecule has 2 amide bonds. The molecule has 0 bridgehead atoms. The molecule has 166 valence electrons. The van der Waals surface area contributed by atoms with Crippen molar-refractivity contribution in [3.63, 3.8) is 0 Å². The van der Waals surface area contributed by atoms with Crippen LogP contribution in [0.5, 0.6) is 0 Å². The summed E-state index contributed by atoms with van der Waals surface area (Å²) >= 11 is 11.3. The minimum atomic E-state index is -1.09. The Hall–Kier alpha value is -3.75. The van der Waals surface area contributed by atoms with Crippen molar-refractivity contribution in [1.29, 1.82) is 0 Å². The fourth-order valence-corrected chi connectivity index (χ4v) is 4.21. The van der Waals surface area contributed by atoms with Gasteiger partial charge in [0.05, 0.1) is 11.3 Å². The molecule has 7 nitrogen and oxygen atoms in total. The third-order valence-corrected chi connectivity index (χ3v) is 5.83. The van der Waals surface area contributed by atoms with E-state index in [9.17, 15) is 14.4 Å². The van der Waals surface area contributed by atoms with E-state index in [1.54, 1.807) is 6.07 Å². The number of halogens is 1. The van der Waals surface area contributed by atoms with Crippen LogP contribution in [0, 0.1) is 13.8 Å². The second-order valence-corrected chi connectivity index (χ2v) is 8.27. The number of nitrogens with one attached hydrogen (secondary N) is 1. The van der Waals surface area contributed by atoms with Crippen molar-refractivity contribution in [3.05, 3.63) is 87.7 Å². The Bertz CT molecular complexity index is 1360. The first kappa shape index (κ1) is 22.4. The molecule has 2 aromatic carbocycles. The summed E-state index contributed by atoms with van der Waals surface area (Å²) in [5.41, 5.74) is 3.63. The number of hydrogen-bond acceptors (Lipinski definition) is 4. The summed E-state index contributed by atoms with van der Waals surface area (Å²) in [5.74, 6) is -2.28. The number of thiocarbonyl (C=S) groups is 1. The van der Waals surface area contributed by atoms with Gasteiger partial charge >= 0.3 is 5.97 Å². The molecule has 2 N–H and O–H groups in total. The van der Waals surface area contributed by atoms with E-state index in [4.69, 9.17) is 28.9 Å². The SMILES string of the molecule is Cc1cc(/C=C2\C(=O)NC(=S)N(c3ccc(C(=O)O)cc3)C2=O)c(C)n1-c1cccc(Cl)c1. The average molecular weight is 480 g/mol. The number of rotatable bonds is 4. The third-order valence-electron chi connectivity index (χ3n) is 5.31. The molecule has 0 saturated carbocycles. The molecule has 0 unspecified atom stereocenters. The van der Waals surface area contributed by atoms with Crippen LogP contribution in [-0.2, 0) is 9.59 Å². The Labute approximate surface area is 199 Å². The molecule has 1 aliphatic heterocycles. The Kier molecular flexibility index (Phi) is 5.88. The summed E-state index contributed by atoms with van der Waals surface area (Å²) in [6.07, 6.45) is 1.53. The van der Waals surface area contributed by atoms with E-state index in [-0.39, 0.29) is 16.2 Å². The maximum Gasteiger partial charge on any atom is 0.335 e. The highest BCUT2D eigenvalue weighted by Gasteiger charge is 2.34. The number of anilines is 1. The van der Waals surface area contributed by atoms with Crippen molar-refractivity contribution in [3.8, 4) is 5.69 Å². The molecule has 0 atom stereocenters. The zero-order valence-electron chi connectivity index (χ0n) is 17.6. The van der Waals surface area contributed by atoms with Gasteiger partial charge in [-0.15, -0.1) is 0 Å². The molecular weight excluding hydrogens is 462 g/mol. The highest BCUT2D eigenvalue weighted by Crippen LogP contribution is 2.27. The van der Waals surface area contributed by atoms with E-state index in [0.717, 1.165) is 17.1 Å². The van der Waals surface area contributed by atoms with Crippen LogP contribution in [0.2, 0.25) is 5.02 Å². The van der Waals surface area contributed by atoms with E-state index < -0.39 is 17.8 Å². The number of carboxylic acids is 1. The predicted octanol–water partition coefficient (Wildman–Crippen LogP) is 4.28. The van der Waals surface area contributed by atoms with Gasteiger partial charge in [0.2, 0.25) is 0 Å². The molecule has 0 aliphatic carbocycles. The Morgan fingerprint density at radius 2 is 1.76 bits per heavy atom. The summed E-state index contributed by atoms with van der Waals surface area (Å²) in [6, 6.07) is 14.9. The number of carbonyl (C=O) groups excluding carboxylic acids is 2. The largest absolute Gasteiger partial charge is 0.478 e. The number of amides is 2. The van der Waals surface area contributed by atoms with Crippen LogP contribution in [0.4, 0.5) is 5.69 Å². The maximum absolute atomic E-state index is 13.3. The van der Waals surface area contributed by atoms with Crippen molar-refractivity contribution in [2.24, 2.45) is 0 Å². The molecule has 9 heteroatoms. The second kappa shape index (κ2) is 8.65. The third kappa shape index (κ3) is 4.18. The molecule has 1 aliphatic rings. The van der Waals surface area contributed by atoms with E-state index in [2.05, 4.69) is 5.32 Å². The van der Waals surface area contributed by atoms with E-state index in [1.807, 2.05) is 42.7 Å². The van der Waals surface area contributed by atoms with E-state index in [0.29, 0.717) is 16.3 Å². The van der Waals surface area contributed by atoms with Crippen LogP contribution in [0.1, 0.15) is 27.3 Å². The Morgan fingerprint density at radius 1 is 1.06 bits per heavy atom. The van der Waals surface area contributed by atoms with Gasteiger partial charge in [-0.05, 0) is 86.2 Å². The van der Waals surface area contributed by atoms with Crippen LogP contribution in [-0.4, -0.2) is 32.6 Å². The lowest BCUT2D eigenvalue weighted by Crippen LogP contribution is -2.54. The maximum atomic E-state index is 13.3. The zero-order valence-corrected chi connectivity index (χ0v) is 19.2. The summed E-state index contributed by atoms with van der Waals surface area (Å²) in [7, 11) is 0. The summed E-state index contributed by atoms with van der Waals surface area (Å²) < 4.78 is 1.98. The fraction of sp³-hybridized carbons (Fsp3) is 0.0833. The highest BCUT2D eigenvalue weighted by atomic mass is 35.5. The number of hydrogen-bond donors (Lipinski definition) is 2. The van der Waals surface area contributed by atoms with Crippen molar-refractivity contribution in [2.45, 2.75) is 13.8 Å². The first-order valence-corrected chi connectivity index (χ1v) is 10.7. The van der Waals surface area contributed by atoms with Gasteiger partial charge in [-0.25, -0.2) is 4.79 Å². The predicted molar refractivity (Wildman–Crippen MR) is 130 cm³/mol. The second-order valence-electron chi connectivity index (χ2n) is 7.45. The number of aromatic carboxylic acids is 1. The minimum absolute atomic E-state index is 0.0717. The van der Waals surface area contributed by atoms with Gasteiger partial charge in [0.1, 0.15) is 5.57 Å². The number of carbonyl (C=O) groups is 3. The molecule has 0 spiro atoms. The number of carboxylic acid groups (broad SMARTS) is 1. The quantitative estimate of drug-likeness (QED) is 0.331. The number of aromatic nitrogens is 1. The first-order valence-electron chi connectivity index (χ1n) is 9.87. The number of nitrogens with zero attached hydrogens (tertiary/aromatic N) is 2. The van der Waals surface area contributed by atoms with Gasteiger partial charge in [0.25, 0.3) is 11.8 Å². The molecule has 33 heavy (non-hydrogen) atoms. The molecular formula is C24H18ClN3O4S. The molecule has 0 radical (unpaired) electrons. The normalized spacial score (nSPS) is 15.2. The summed E-state index contributed by atoms with van der Waals surface area (Å²) in [6.45, 7) is 3.81. The number of benzene rings is 2. The van der Waals surface area contributed by atoms with Crippen LogP contribution in [0.25, 0.3) is 11.8 Å². The van der Waals surface area contributed by atoms with Crippen LogP contribution >= 0.6 is 23.8 Å². The van der Waals surface area contributed by atoms with Crippen molar-refractivity contribution in [2.75, 3.05) is 4.90 Å². The molecule has 1 fully saturated rings. The van der Waals surface area contributed by atoms with E-state index >= 15 is 0 Å². The van der Waals surface area contributed by atoms with Crippen LogP contribution in [0.15, 0.2) is 60.2 Å². The zero-order chi connectivity index (χ0) is 23.9. The van der Waals surface area contributed by atoms with Gasteiger partial charge in [-0.3, -0.25) is 19.8 Å². The molecule has 4 rings (SSSR count). The molecule has 2 heterocycles. The van der Waals surface area contributed by atoms with Gasteiger partial charge < -0.3 is 9.67 Å².